The third kappa shape index (κ3) is 4.60. The number of amides is 1. The summed E-state index contributed by atoms with van der Waals surface area (Å²) < 4.78 is 5.74. The number of hydrogen-bond donors (Lipinski definition) is 4. The molecule has 1 amide bonds. The van der Waals surface area contributed by atoms with Crippen molar-refractivity contribution in [3.8, 4) is 22.6 Å². The van der Waals surface area contributed by atoms with E-state index in [-0.39, 0.29) is 22.6 Å². The molecular weight excluding hydrogens is 550 g/mol. The Balaban J connectivity index is 1.47. The van der Waals surface area contributed by atoms with Crippen LogP contribution in [-0.2, 0) is 27.3 Å². The van der Waals surface area contributed by atoms with Crippen molar-refractivity contribution in [3.05, 3.63) is 63.9 Å². The molecule has 3 aliphatic carbocycles. The first-order valence-electron chi connectivity index (χ1n) is 14.7. The predicted octanol–water partition coefficient (Wildman–Crippen LogP) is 3.12. The first-order chi connectivity index (χ1) is 20.5. The fraction of sp³-hybridized carbons (Fsp3) is 0.424. The lowest BCUT2D eigenvalue weighted by Crippen LogP contribution is -2.55. The molecule has 5 N–H and O–H groups in total. The van der Waals surface area contributed by atoms with Crippen LogP contribution in [0, 0.1) is 17.8 Å². The number of aromatic hydroxyl groups is 1. The van der Waals surface area contributed by atoms with Crippen molar-refractivity contribution in [1.82, 2.24) is 9.80 Å². The number of Topliss-reactive ketones (excluding diaryl/α,β-unsaturated/α-hetero) is 2. The molecule has 0 spiro atoms. The van der Waals surface area contributed by atoms with Gasteiger partial charge in [-0.3, -0.25) is 24.2 Å². The largest absolute Gasteiger partial charge is 0.510 e. The molecule has 4 atom stereocenters. The number of fused-ring (bicyclic) bond motifs is 3. The summed E-state index contributed by atoms with van der Waals surface area (Å²) in [5, 5.41) is 33.6. The molecule has 43 heavy (non-hydrogen) atoms. The standard InChI is InChI=1S/C33H37N3O7/c1-35(2)28-21-14-17-13-20-18(19-12-16(6-9-23(19)43-3)15-36-10-4-5-11-36)7-8-22(37)25(20)29(38)24(17)30(39)26(21)31(40)27(32(28)41)33(34)42/h6-9,12,17,21,26,28,37-38,41H,4-5,10-11,13-15H2,1-3H3,(H2,34,42). The van der Waals surface area contributed by atoms with Crippen LogP contribution < -0.4 is 10.5 Å². The summed E-state index contributed by atoms with van der Waals surface area (Å²) in [6, 6.07) is 8.57. The second-order valence-electron chi connectivity index (χ2n) is 12.3. The Bertz CT molecular complexity index is 1600. The molecule has 1 saturated carbocycles. The van der Waals surface area contributed by atoms with Crippen molar-refractivity contribution >= 4 is 23.2 Å². The average Bonchev–Trinajstić information content (AvgIpc) is 3.45. The summed E-state index contributed by atoms with van der Waals surface area (Å²) in [6.45, 7) is 2.91. The van der Waals surface area contributed by atoms with E-state index in [2.05, 4.69) is 11.0 Å². The summed E-state index contributed by atoms with van der Waals surface area (Å²) in [5.74, 6) is -5.28. The molecule has 10 nitrogen and oxygen atoms in total. The molecule has 0 aromatic heterocycles. The monoisotopic (exact) mass is 587 g/mol. The molecule has 0 radical (unpaired) electrons. The van der Waals surface area contributed by atoms with Crippen LogP contribution in [0.25, 0.3) is 16.9 Å². The summed E-state index contributed by atoms with van der Waals surface area (Å²) in [5.41, 5.74) is 8.49. The highest BCUT2D eigenvalue weighted by Crippen LogP contribution is 2.52. The number of nitrogens with two attached hydrogens (primary N) is 1. The van der Waals surface area contributed by atoms with Gasteiger partial charge in [-0.05, 0) is 99.6 Å². The van der Waals surface area contributed by atoms with Crippen LogP contribution in [0.1, 0.15) is 36.0 Å². The highest BCUT2D eigenvalue weighted by Gasteiger charge is 2.55. The predicted molar refractivity (Wildman–Crippen MR) is 159 cm³/mol. The molecule has 2 fully saturated rings. The fourth-order valence-electron chi connectivity index (χ4n) is 7.78. The van der Waals surface area contributed by atoms with E-state index in [4.69, 9.17) is 10.5 Å². The van der Waals surface area contributed by atoms with Gasteiger partial charge in [0.2, 0.25) is 0 Å². The Hall–Kier alpha value is -4.15. The number of benzene rings is 2. The van der Waals surface area contributed by atoms with Gasteiger partial charge >= 0.3 is 0 Å². The molecule has 1 aliphatic heterocycles. The third-order valence-electron chi connectivity index (χ3n) is 9.61. The second kappa shape index (κ2) is 10.8. The molecule has 4 unspecified atom stereocenters. The number of phenols is 1. The maximum Gasteiger partial charge on any atom is 0.255 e. The third-order valence-corrected chi connectivity index (χ3v) is 9.61. The van der Waals surface area contributed by atoms with Crippen LogP contribution >= 0.6 is 0 Å². The number of likely N-dealkylation sites (tertiary alicyclic amines) is 1. The number of allylic oxidation sites excluding steroid dienone is 1. The van der Waals surface area contributed by atoms with Gasteiger partial charge in [0.1, 0.15) is 28.6 Å². The highest BCUT2D eigenvalue weighted by molar-refractivity contribution is 6.28. The van der Waals surface area contributed by atoms with Crippen molar-refractivity contribution in [3.63, 3.8) is 0 Å². The quantitative estimate of drug-likeness (QED) is 0.295. The van der Waals surface area contributed by atoms with E-state index >= 15 is 0 Å². The number of primary amides is 1. The number of nitrogens with zero attached hydrogens (tertiary/aromatic N) is 2. The molecule has 226 valence electrons. The normalized spacial score (nSPS) is 25.6. The van der Waals surface area contributed by atoms with Crippen molar-refractivity contribution in [1.29, 1.82) is 0 Å². The Labute approximate surface area is 250 Å². The number of phenolic OH excluding ortho intramolecular Hbond substituents is 1. The van der Waals surface area contributed by atoms with Crippen LogP contribution in [-0.4, -0.2) is 82.9 Å². The van der Waals surface area contributed by atoms with Crippen LogP contribution in [0.5, 0.6) is 11.5 Å². The number of rotatable bonds is 6. The Morgan fingerprint density at radius 3 is 2.42 bits per heavy atom. The lowest BCUT2D eigenvalue weighted by atomic mass is 9.59. The van der Waals surface area contributed by atoms with Gasteiger partial charge in [0.05, 0.1) is 24.6 Å². The van der Waals surface area contributed by atoms with E-state index in [1.807, 2.05) is 12.1 Å². The van der Waals surface area contributed by atoms with E-state index < -0.39 is 52.6 Å². The number of aliphatic hydroxyl groups excluding tert-OH is 2. The van der Waals surface area contributed by atoms with Gasteiger partial charge < -0.3 is 25.8 Å². The van der Waals surface area contributed by atoms with Gasteiger partial charge in [-0.25, -0.2) is 0 Å². The van der Waals surface area contributed by atoms with Crippen molar-refractivity contribution in [2.24, 2.45) is 23.5 Å². The Morgan fingerprint density at radius 1 is 1.05 bits per heavy atom. The van der Waals surface area contributed by atoms with Gasteiger partial charge in [0, 0.05) is 17.7 Å². The van der Waals surface area contributed by atoms with Crippen molar-refractivity contribution < 1.29 is 34.4 Å². The maximum atomic E-state index is 14.0. The van der Waals surface area contributed by atoms with Crippen molar-refractivity contribution in [2.75, 3.05) is 34.3 Å². The Morgan fingerprint density at radius 2 is 1.77 bits per heavy atom. The molecular formula is C33H37N3O7. The first-order valence-corrected chi connectivity index (χ1v) is 14.7. The summed E-state index contributed by atoms with van der Waals surface area (Å²) in [4.78, 5) is 43.7. The summed E-state index contributed by atoms with van der Waals surface area (Å²) in [7, 11) is 5.00. The Kier molecular flexibility index (Phi) is 7.30. The molecule has 2 aromatic rings. The molecule has 2 aromatic carbocycles. The van der Waals surface area contributed by atoms with Crippen molar-refractivity contribution in [2.45, 2.75) is 38.3 Å². The van der Waals surface area contributed by atoms with E-state index in [0.29, 0.717) is 24.2 Å². The summed E-state index contributed by atoms with van der Waals surface area (Å²) in [6.07, 6.45) is 2.97. The number of carbonyl (C=O) groups is 3. The molecule has 6 rings (SSSR count). The molecule has 4 aliphatic rings. The molecule has 1 saturated heterocycles. The minimum Gasteiger partial charge on any atom is -0.510 e. The van der Waals surface area contributed by atoms with Gasteiger partial charge in [0.25, 0.3) is 5.91 Å². The van der Waals surface area contributed by atoms with Crippen LogP contribution in [0.15, 0.2) is 47.2 Å². The lowest BCUT2D eigenvalue weighted by molar-refractivity contribution is -0.136. The van der Waals surface area contributed by atoms with Gasteiger partial charge in [-0.1, -0.05) is 12.1 Å². The lowest BCUT2D eigenvalue weighted by Gasteiger charge is -2.46. The van der Waals surface area contributed by atoms with E-state index in [0.717, 1.165) is 36.3 Å². The zero-order chi connectivity index (χ0) is 30.7. The van der Waals surface area contributed by atoms with Gasteiger partial charge in [-0.15, -0.1) is 0 Å². The zero-order valence-electron chi connectivity index (χ0n) is 24.6. The molecule has 0 bridgehead atoms. The number of aliphatic hydroxyl groups is 2. The maximum absolute atomic E-state index is 14.0. The minimum absolute atomic E-state index is 0.0621. The fourth-order valence-corrected chi connectivity index (χ4v) is 7.78. The van der Waals surface area contributed by atoms with Gasteiger partial charge in [-0.2, -0.15) is 0 Å². The van der Waals surface area contributed by atoms with E-state index in [1.54, 1.807) is 32.2 Å². The number of hydrogen-bond acceptors (Lipinski definition) is 9. The van der Waals surface area contributed by atoms with Crippen LogP contribution in [0.4, 0.5) is 0 Å². The van der Waals surface area contributed by atoms with Gasteiger partial charge in [0.15, 0.2) is 11.6 Å². The number of carbonyl (C=O) groups excluding carboxylic acids is 3. The first kappa shape index (κ1) is 28.9. The molecule has 10 heteroatoms. The average molecular weight is 588 g/mol. The smallest absolute Gasteiger partial charge is 0.255 e. The highest BCUT2D eigenvalue weighted by atomic mass is 16.5. The SMILES string of the molecule is COc1ccc(CN2CCCC2)cc1-c1ccc(O)c2c1CC1CC3C(C(=O)C(C(N)=O)=C(O)C3N(C)C)C(=O)C1=C2O. The number of ketones is 2. The van der Waals surface area contributed by atoms with E-state index in [1.165, 1.54) is 18.9 Å². The van der Waals surface area contributed by atoms with Crippen LogP contribution in [0.2, 0.25) is 0 Å². The van der Waals surface area contributed by atoms with Crippen LogP contribution in [0.3, 0.4) is 0 Å². The minimum atomic E-state index is -1.28. The summed E-state index contributed by atoms with van der Waals surface area (Å²) >= 11 is 0. The van der Waals surface area contributed by atoms with E-state index in [9.17, 15) is 29.7 Å². The number of ether oxygens (including phenoxy) is 1. The number of methoxy groups -OCH3 is 1. The number of likely N-dealkylation sites (N-methyl/N-ethyl adjacent to an activating group) is 1. The topological polar surface area (TPSA) is 154 Å². The second-order valence-corrected chi connectivity index (χ2v) is 12.3. The zero-order valence-corrected chi connectivity index (χ0v) is 24.6. The molecule has 1 heterocycles.